The van der Waals surface area contributed by atoms with Gasteiger partial charge in [0.15, 0.2) is 5.69 Å². The van der Waals surface area contributed by atoms with E-state index in [0.717, 1.165) is 0 Å². The predicted molar refractivity (Wildman–Crippen MR) is 123 cm³/mol. The third kappa shape index (κ3) is 5.44. The van der Waals surface area contributed by atoms with Crippen molar-refractivity contribution in [3.63, 3.8) is 0 Å². The van der Waals surface area contributed by atoms with Crippen molar-refractivity contribution >= 4 is 27.5 Å². The van der Waals surface area contributed by atoms with Crippen molar-refractivity contribution in [3.8, 4) is 0 Å². The molecule has 2 N–H and O–H groups in total. The first-order valence-electron chi connectivity index (χ1n) is 11.2. The molecule has 1 atom stereocenters. The number of anilines is 1. The van der Waals surface area contributed by atoms with Crippen molar-refractivity contribution in [2.24, 2.45) is 18.9 Å². The number of nitrogens with zero attached hydrogens (tertiary/aromatic N) is 5. The lowest BCUT2D eigenvalue weighted by Crippen LogP contribution is -2.43. The van der Waals surface area contributed by atoms with Gasteiger partial charge in [0.1, 0.15) is 4.90 Å². The van der Waals surface area contributed by atoms with Crippen LogP contribution < -0.4 is 10.6 Å². The van der Waals surface area contributed by atoms with E-state index < -0.39 is 15.9 Å². The Labute approximate surface area is 194 Å². The first-order chi connectivity index (χ1) is 15.5. The van der Waals surface area contributed by atoms with Crippen LogP contribution >= 0.6 is 0 Å². The summed E-state index contributed by atoms with van der Waals surface area (Å²) in [4.78, 5) is 25.8. The third-order valence-corrected chi connectivity index (χ3v) is 7.76. The van der Waals surface area contributed by atoms with Crippen LogP contribution in [-0.2, 0) is 28.4 Å². The number of amides is 2. The van der Waals surface area contributed by atoms with Crippen LogP contribution in [0.4, 0.5) is 5.69 Å². The summed E-state index contributed by atoms with van der Waals surface area (Å²) < 4.78 is 30.7. The van der Waals surface area contributed by atoms with Crippen LogP contribution in [0.5, 0.6) is 0 Å². The van der Waals surface area contributed by atoms with E-state index in [-0.39, 0.29) is 34.9 Å². The average Bonchev–Trinajstić information content (AvgIpc) is 3.35. The molecule has 0 aliphatic carbocycles. The first-order valence-corrected chi connectivity index (χ1v) is 12.6. The molecule has 1 saturated heterocycles. The van der Waals surface area contributed by atoms with Crippen LogP contribution in [0.2, 0.25) is 0 Å². The van der Waals surface area contributed by atoms with Crippen molar-refractivity contribution in [2.45, 2.75) is 52.0 Å². The summed E-state index contributed by atoms with van der Waals surface area (Å²) in [6.07, 6.45) is 4.08. The minimum Gasteiger partial charge on any atom is -0.350 e. The molecule has 12 heteroatoms. The Morgan fingerprint density at radius 3 is 2.64 bits per heavy atom. The number of carbonyl (C=O) groups is 2. The Kier molecular flexibility index (Phi) is 7.58. The zero-order valence-corrected chi connectivity index (χ0v) is 20.6. The van der Waals surface area contributed by atoms with Gasteiger partial charge >= 0.3 is 0 Å². The molecular formula is C21H33N7O4S. The first kappa shape index (κ1) is 24.9. The maximum absolute atomic E-state index is 13.1. The molecule has 3 rings (SSSR count). The molecule has 0 spiro atoms. The maximum Gasteiger partial charge on any atom is 0.273 e. The molecule has 2 aromatic heterocycles. The molecule has 0 saturated carbocycles. The number of sulfonamides is 1. The second-order valence-electron chi connectivity index (χ2n) is 8.76. The molecule has 2 amide bonds. The Morgan fingerprint density at radius 2 is 2.03 bits per heavy atom. The van der Waals surface area contributed by atoms with Gasteiger partial charge in [-0.2, -0.15) is 14.5 Å². The van der Waals surface area contributed by atoms with Crippen LogP contribution in [0.15, 0.2) is 17.3 Å². The molecular weight excluding hydrogens is 446 g/mol. The highest BCUT2D eigenvalue weighted by atomic mass is 32.2. The topological polar surface area (TPSA) is 131 Å². The van der Waals surface area contributed by atoms with Gasteiger partial charge in [-0.25, -0.2) is 8.42 Å². The van der Waals surface area contributed by atoms with Crippen LogP contribution in [0.25, 0.3) is 0 Å². The van der Waals surface area contributed by atoms with E-state index in [1.54, 1.807) is 24.9 Å². The van der Waals surface area contributed by atoms with Crippen molar-refractivity contribution in [1.29, 1.82) is 0 Å². The normalized spacial score (nSPS) is 17.3. The molecule has 182 valence electrons. The minimum atomic E-state index is -3.76. The second-order valence-corrected chi connectivity index (χ2v) is 10.7. The van der Waals surface area contributed by atoms with Crippen molar-refractivity contribution in [3.05, 3.63) is 23.8 Å². The molecule has 1 fully saturated rings. The summed E-state index contributed by atoms with van der Waals surface area (Å²) in [7, 11) is -2.07. The Hall–Kier alpha value is -2.73. The van der Waals surface area contributed by atoms with Crippen molar-refractivity contribution < 1.29 is 18.0 Å². The van der Waals surface area contributed by atoms with Gasteiger partial charge in [0.25, 0.3) is 5.91 Å². The predicted octanol–water partition coefficient (Wildman–Crippen LogP) is 1.37. The van der Waals surface area contributed by atoms with Crippen LogP contribution in [-0.4, -0.2) is 63.7 Å². The molecule has 0 aromatic carbocycles. The number of piperidine rings is 1. The molecule has 0 unspecified atom stereocenters. The summed E-state index contributed by atoms with van der Waals surface area (Å²) in [6, 6.07) is 0. The second kappa shape index (κ2) is 10.0. The number of hydrogen-bond donors (Lipinski definition) is 2. The third-order valence-electron chi connectivity index (χ3n) is 5.79. The maximum atomic E-state index is 13.1. The molecule has 1 aliphatic rings. The zero-order valence-electron chi connectivity index (χ0n) is 19.8. The smallest absolute Gasteiger partial charge is 0.273 e. The molecule has 0 radical (unpaired) electrons. The van der Waals surface area contributed by atoms with E-state index >= 15 is 0 Å². The van der Waals surface area contributed by atoms with Crippen molar-refractivity contribution in [2.75, 3.05) is 25.0 Å². The molecule has 3 heterocycles. The standard InChI is InChI=1S/C21H33N7O4S/c1-6-27-13-17(19(25-27)21(30)22-10-14(2)3)24-20(29)16-8-7-9-28(12-16)33(31,32)18-11-23-26(5)15(18)4/h11,13-14,16H,6-10,12H2,1-5H3,(H,22,30)(H,24,29)/t16-/m1/s1. The summed E-state index contributed by atoms with van der Waals surface area (Å²) in [5.41, 5.74) is 1.02. The van der Waals surface area contributed by atoms with E-state index in [4.69, 9.17) is 0 Å². The highest BCUT2D eigenvalue weighted by molar-refractivity contribution is 7.89. The number of hydrogen-bond acceptors (Lipinski definition) is 6. The lowest BCUT2D eigenvalue weighted by atomic mass is 9.99. The summed E-state index contributed by atoms with van der Waals surface area (Å²) >= 11 is 0. The fourth-order valence-corrected chi connectivity index (χ4v) is 5.41. The van der Waals surface area contributed by atoms with Gasteiger partial charge in [-0.05, 0) is 32.6 Å². The van der Waals surface area contributed by atoms with Gasteiger partial charge in [0, 0.05) is 39.4 Å². The van der Waals surface area contributed by atoms with Gasteiger partial charge < -0.3 is 10.6 Å². The molecule has 33 heavy (non-hydrogen) atoms. The lowest BCUT2D eigenvalue weighted by molar-refractivity contribution is -0.120. The van der Waals surface area contributed by atoms with E-state index in [1.807, 2.05) is 20.8 Å². The molecule has 11 nitrogen and oxygen atoms in total. The van der Waals surface area contributed by atoms with Gasteiger partial charge in [-0.3, -0.25) is 19.0 Å². The fraction of sp³-hybridized carbons (Fsp3) is 0.619. The number of aryl methyl sites for hydroxylation is 2. The number of aromatic nitrogens is 4. The van der Waals surface area contributed by atoms with Crippen molar-refractivity contribution in [1.82, 2.24) is 29.2 Å². The number of carbonyl (C=O) groups excluding carboxylic acids is 2. The highest BCUT2D eigenvalue weighted by Crippen LogP contribution is 2.26. The Bertz CT molecular complexity index is 1120. The number of rotatable bonds is 8. The molecule has 1 aliphatic heterocycles. The SMILES string of the molecule is CCn1cc(NC(=O)[C@@H]2CCCN(S(=O)(=O)c3cnn(C)c3C)C2)c(C(=O)NCC(C)C)n1. The van der Waals surface area contributed by atoms with E-state index in [2.05, 4.69) is 20.8 Å². The summed E-state index contributed by atoms with van der Waals surface area (Å²) in [5.74, 6) is -0.946. The van der Waals surface area contributed by atoms with E-state index in [1.165, 1.54) is 15.2 Å². The molecule has 2 aromatic rings. The van der Waals surface area contributed by atoms with Gasteiger partial charge in [-0.15, -0.1) is 0 Å². The number of nitrogens with one attached hydrogen (secondary N) is 2. The Morgan fingerprint density at radius 1 is 1.30 bits per heavy atom. The quantitative estimate of drug-likeness (QED) is 0.588. The van der Waals surface area contributed by atoms with Crippen LogP contribution in [0.3, 0.4) is 0 Å². The van der Waals surface area contributed by atoms with Gasteiger partial charge in [0.2, 0.25) is 15.9 Å². The van der Waals surface area contributed by atoms with E-state index in [9.17, 15) is 18.0 Å². The zero-order chi connectivity index (χ0) is 24.3. The largest absolute Gasteiger partial charge is 0.350 e. The molecule has 0 bridgehead atoms. The average molecular weight is 480 g/mol. The minimum absolute atomic E-state index is 0.0687. The monoisotopic (exact) mass is 479 g/mol. The lowest BCUT2D eigenvalue weighted by Gasteiger charge is -2.31. The van der Waals surface area contributed by atoms with Gasteiger partial charge in [0.05, 0.1) is 23.5 Å². The summed E-state index contributed by atoms with van der Waals surface area (Å²) in [5, 5.41) is 13.9. The van der Waals surface area contributed by atoms with Crippen LogP contribution in [0.1, 0.15) is 49.8 Å². The highest BCUT2D eigenvalue weighted by Gasteiger charge is 2.35. The van der Waals surface area contributed by atoms with Crippen LogP contribution in [0, 0.1) is 18.8 Å². The fourth-order valence-electron chi connectivity index (χ4n) is 3.70. The van der Waals surface area contributed by atoms with Gasteiger partial charge in [-0.1, -0.05) is 13.8 Å². The Balaban J connectivity index is 1.75. The van der Waals surface area contributed by atoms with E-state index in [0.29, 0.717) is 43.9 Å². The summed E-state index contributed by atoms with van der Waals surface area (Å²) in [6.45, 7) is 9.02.